The van der Waals surface area contributed by atoms with Gasteiger partial charge < -0.3 is 15.0 Å². The lowest BCUT2D eigenvalue weighted by Crippen LogP contribution is -2.40. The van der Waals surface area contributed by atoms with Gasteiger partial charge in [-0.3, -0.25) is 4.79 Å². The van der Waals surface area contributed by atoms with Gasteiger partial charge in [0.1, 0.15) is 0 Å². The molecule has 0 aliphatic carbocycles. The fourth-order valence-corrected chi connectivity index (χ4v) is 2.99. The largest absolute Gasteiger partial charge is 0.383 e. The number of piperidine rings is 1. The minimum Gasteiger partial charge on any atom is -0.383 e. The Kier molecular flexibility index (Phi) is 7.40. The zero-order chi connectivity index (χ0) is 15.6. The number of rotatable bonds is 8. The minimum atomic E-state index is 0.281. The first-order valence-corrected chi connectivity index (χ1v) is 8.31. The van der Waals surface area contributed by atoms with Gasteiger partial charge >= 0.3 is 0 Å². The highest BCUT2D eigenvalue weighted by Gasteiger charge is 2.22. The molecule has 1 amide bonds. The Morgan fingerprint density at radius 2 is 1.95 bits per heavy atom. The average Bonchev–Trinajstić information content (AvgIpc) is 2.56. The second-order valence-corrected chi connectivity index (χ2v) is 6.01. The molecule has 1 saturated heterocycles. The summed E-state index contributed by atoms with van der Waals surface area (Å²) in [5.41, 5.74) is 1.41. The molecule has 1 aliphatic rings. The van der Waals surface area contributed by atoms with E-state index in [-0.39, 0.29) is 5.91 Å². The number of amides is 1. The first-order valence-electron chi connectivity index (χ1n) is 8.31. The number of hydrogen-bond donors (Lipinski definition) is 1. The van der Waals surface area contributed by atoms with Crippen LogP contribution in [-0.4, -0.2) is 50.7 Å². The highest BCUT2D eigenvalue weighted by atomic mass is 16.5. The van der Waals surface area contributed by atoms with Crippen LogP contribution >= 0.6 is 0 Å². The van der Waals surface area contributed by atoms with Gasteiger partial charge in [-0.2, -0.15) is 0 Å². The summed E-state index contributed by atoms with van der Waals surface area (Å²) in [5, 5.41) is 3.23. The van der Waals surface area contributed by atoms with Crippen molar-refractivity contribution in [3.63, 3.8) is 0 Å². The first-order chi connectivity index (χ1) is 10.8. The minimum absolute atomic E-state index is 0.281. The van der Waals surface area contributed by atoms with Crippen LogP contribution in [0.2, 0.25) is 0 Å². The van der Waals surface area contributed by atoms with E-state index in [0.717, 1.165) is 45.4 Å². The van der Waals surface area contributed by atoms with Crippen LogP contribution in [0.25, 0.3) is 0 Å². The van der Waals surface area contributed by atoms with Crippen molar-refractivity contribution in [3.05, 3.63) is 35.9 Å². The maximum atomic E-state index is 12.2. The number of ether oxygens (including phenoxy) is 1. The number of methoxy groups -OCH3 is 1. The van der Waals surface area contributed by atoms with E-state index in [4.69, 9.17) is 4.74 Å². The van der Waals surface area contributed by atoms with Gasteiger partial charge in [0.05, 0.1) is 6.61 Å². The van der Waals surface area contributed by atoms with Gasteiger partial charge in [-0.25, -0.2) is 0 Å². The fourth-order valence-electron chi connectivity index (χ4n) is 2.99. The quantitative estimate of drug-likeness (QED) is 0.748. The SMILES string of the molecule is COCCNCCC(=O)N1CCC(Cc2ccccc2)CC1. The van der Waals surface area contributed by atoms with Gasteiger partial charge in [0.15, 0.2) is 0 Å². The smallest absolute Gasteiger partial charge is 0.223 e. The molecule has 22 heavy (non-hydrogen) atoms. The number of hydrogen-bond acceptors (Lipinski definition) is 3. The third-order valence-corrected chi connectivity index (χ3v) is 4.33. The van der Waals surface area contributed by atoms with Crippen LogP contribution in [0.1, 0.15) is 24.8 Å². The van der Waals surface area contributed by atoms with Crippen molar-refractivity contribution in [2.45, 2.75) is 25.7 Å². The monoisotopic (exact) mass is 304 g/mol. The molecule has 0 unspecified atom stereocenters. The van der Waals surface area contributed by atoms with E-state index in [1.165, 1.54) is 5.56 Å². The molecule has 0 spiro atoms. The lowest BCUT2D eigenvalue weighted by molar-refractivity contribution is -0.132. The van der Waals surface area contributed by atoms with E-state index in [1.54, 1.807) is 7.11 Å². The summed E-state index contributed by atoms with van der Waals surface area (Å²) in [7, 11) is 1.69. The van der Waals surface area contributed by atoms with E-state index in [0.29, 0.717) is 18.9 Å². The number of nitrogens with zero attached hydrogens (tertiary/aromatic N) is 1. The maximum Gasteiger partial charge on any atom is 0.223 e. The van der Waals surface area contributed by atoms with Crippen LogP contribution in [0, 0.1) is 5.92 Å². The standard InChI is InChI=1S/C18H28N2O2/c1-22-14-11-19-10-7-18(21)20-12-8-17(9-13-20)15-16-5-3-2-4-6-16/h2-6,17,19H,7-15H2,1H3. The zero-order valence-electron chi connectivity index (χ0n) is 13.6. The molecule has 2 rings (SSSR count). The Bertz CT molecular complexity index is 428. The second-order valence-electron chi connectivity index (χ2n) is 6.01. The highest BCUT2D eigenvalue weighted by molar-refractivity contribution is 5.76. The van der Waals surface area contributed by atoms with E-state index < -0.39 is 0 Å². The van der Waals surface area contributed by atoms with Crippen molar-refractivity contribution < 1.29 is 9.53 Å². The predicted molar refractivity (Wildman–Crippen MR) is 88.8 cm³/mol. The number of nitrogens with one attached hydrogen (secondary N) is 1. The summed E-state index contributed by atoms with van der Waals surface area (Å²) in [6, 6.07) is 10.7. The van der Waals surface area contributed by atoms with Crippen molar-refractivity contribution in [1.29, 1.82) is 0 Å². The molecule has 122 valence electrons. The molecule has 1 N–H and O–H groups in total. The van der Waals surface area contributed by atoms with Gasteiger partial charge in [-0.05, 0) is 30.7 Å². The molecule has 0 aromatic heterocycles. The van der Waals surface area contributed by atoms with Crippen molar-refractivity contribution in [1.82, 2.24) is 10.2 Å². The van der Waals surface area contributed by atoms with Crippen molar-refractivity contribution >= 4 is 5.91 Å². The van der Waals surface area contributed by atoms with Crippen LogP contribution in [0.5, 0.6) is 0 Å². The predicted octanol–water partition coefficient (Wildman–Crippen LogP) is 2.09. The van der Waals surface area contributed by atoms with Gasteiger partial charge in [-0.15, -0.1) is 0 Å². The molecule has 1 heterocycles. The maximum absolute atomic E-state index is 12.2. The normalized spacial score (nSPS) is 16.0. The first kappa shape index (κ1) is 17.0. The van der Waals surface area contributed by atoms with Gasteiger partial charge in [0.25, 0.3) is 0 Å². The Hall–Kier alpha value is -1.39. The topological polar surface area (TPSA) is 41.6 Å². The van der Waals surface area contributed by atoms with Crippen molar-refractivity contribution in [2.75, 3.05) is 39.9 Å². The molecule has 1 aromatic rings. The van der Waals surface area contributed by atoms with Crippen LogP contribution in [0.15, 0.2) is 30.3 Å². The Labute approximate surface area is 133 Å². The Morgan fingerprint density at radius 1 is 1.23 bits per heavy atom. The van der Waals surface area contributed by atoms with Gasteiger partial charge in [0.2, 0.25) is 5.91 Å². The van der Waals surface area contributed by atoms with Gasteiger partial charge in [-0.1, -0.05) is 30.3 Å². The summed E-state index contributed by atoms with van der Waals surface area (Å²) in [6.07, 6.45) is 3.98. The van der Waals surface area contributed by atoms with Crippen molar-refractivity contribution in [3.8, 4) is 0 Å². The fraction of sp³-hybridized carbons (Fsp3) is 0.611. The van der Waals surface area contributed by atoms with Crippen LogP contribution in [0.4, 0.5) is 0 Å². The molecular weight excluding hydrogens is 276 g/mol. The van der Waals surface area contributed by atoms with Gasteiger partial charge in [0, 0.05) is 39.7 Å². The lowest BCUT2D eigenvalue weighted by atomic mass is 9.90. The average molecular weight is 304 g/mol. The highest BCUT2D eigenvalue weighted by Crippen LogP contribution is 2.21. The zero-order valence-corrected chi connectivity index (χ0v) is 13.6. The summed E-state index contributed by atoms with van der Waals surface area (Å²) in [6.45, 7) is 4.07. The lowest BCUT2D eigenvalue weighted by Gasteiger charge is -2.32. The van der Waals surface area contributed by atoms with E-state index >= 15 is 0 Å². The van der Waals surface area contributed by atoms with E-state index in [2.05, 4.69) is 35.6 Å². The summed E-state index contributed by atoms with van der Waals surface area (Å²) in [4.78, 5) is 14.2. The molecule has 0 radical (unpaired) electrons. The third-order valence-electron chi connectivity index (χ3n) is 4.33. The van der Waals surface area contributed by atoms with Crippen molar-refractivity contribution in [2.24, 2.45) is 5.92 Å². The Morgan fingerprint density at radius 3 is 2.64 bits per heavy atom. The second kappa shape index (κ2) is 9.59. The number of likely N-dealkylation sites (tertiary alicyclic amines) is 1. The summed E-state index contributed by atoms with van der Waals surface area (Å²) >= 11 is 0. The molecular formula is C18H28N2O2. The molecule has 1 aromatic carbocycles. The molecule has 1 fully saturated rings. The molecule has 4 heteroatoms. The third kappa shape index (κ3) is 5.78. The number of benzene rings is 1. The molecule has 0 bridgehead atoms. The van der Waals surface area contributed by atoms with E-state index in [9.17, 15) is 4.79 Å². The number of carbonyl (C=O) groups is 1. The molecule has 1 aliphatic heterocycles. The molecule has 4 nitrogen and oxygen atoms in total. The molecule has 0 atom stereocenters. The summed E-state index contributed by atoms with van der Waals surface area (Å²) in [5.74, 6) is 0.995. The van der Waals surface area contributed by atoms with Crippen LogP contribution in [-0.2, 0) is 16.0 Å². The van der Waals surface area contributed by atoms with E-state index in [1.807, 2.05) is 4.90 Å². The van der Waals surface area contributed by atoms with Crippen LogP contribution < -0.4 is 5.32 Å². The Balaban J connectivity index is 1.63. The van der Waals surface area contributed by atoms with Crippen LogP contribution in [0.3, 0.4) is 0 Å². The molecule has 0 saturated carbocycles. The summed E-state index contributed by atoms with van der Waals surface area (Å²) < 4.78 is 4.97. The number of carbonyl (C=O) groups excluding carboxylic acids is 1.